The van der Waals surface area contributed by atoms with Crippen LogP contribution in [0.3, 0.4) is 0 Å². The first-order valence-electron chi connectivity index (χ1n) is 9.05. The Labute approximate surface area is 144 Å². The van der Waals surface area contributed by atoms with E-state index in [4.69, 9.17) is 0 Å². The van der Waals surface area contributed by atoms with Crippen LogP contribution in [0, 0.1) is 5.41 Å². The number of rotatable bonds is 4. The summed E-state index contributed by atoms with van der Waals surface area (Å²) in [6.45, 7) is 5.69. The van der Waals surface area contributed by atoms with Crippen LogP contribution >= 0.6 is 0 Å². The maximum Gasteiger partial charge on any atom is 0.242 e. The number of hydrogen-bond acceptors (Lipinski definition) is 2. The van der Waals surface area contributed by atoms with Crippen LogP contribution in [0.1, 0.15) is 63.6 Å². The van der Waals surface area contributed by atoms with Crippen molar-refractivity contribution in [1.29, 1.82) is 0 Å². The highest BCUT2D eigenvalue weighted by atomic mass is 16.2. The molecule has 0 spiro atoms. The number of benzene rings is 1. The summed E-state index contributed by atoms with van der Waals surface area (Å²) in [6, 6.07) is 9.00. The predicted molar refractivity (Wildman–Crippen MR) is 94.5 cm³/mol. The van der Waals surface area contributed by atoms with E-state index in [1.165, 1.54) is 11.1 Å². The van der Waals surface area contributed by atoms with Gasteiger partial charge in [-0.3, -0.25) is 9.59 Å². The van der Waals surface area contributed by atoms with Gasteiger partial charge in [0, 0.05) is 11.5 Å². The Bertz CT molecular complexity index is 629. The molecule has 24 heavy (non-hydrogen) atoms. The molecule has 1 N–H and O–H groups in total. The average molecular weight is 328 g/mol. The minimum Gasteiger partial charge on any atom is -0.347 e. The van der Waals surface area contributed by atoms with Gasteiger partial charge in [0.25, 0.3) is 0 Å². The fourth-order valence-corrected chi connectivity index (χ4v) is 3.51. The average Bonchev–Trinajstić information content (AvgIpc) is 3.37. The first-order valence-corrected chi connectivity index (χ1v) is 9.05. The van der Waals surface area contributed by atoms with Gasteiger partial charge >= 0.3 is 0 Å². The van der Waals surface area contributed by atoms with Gasteiger partial charge in [0.2, 0.25) is 11.8 Å². The fourth-order valence-electron chi connectivity index (χ4n) is 3.51. The summed E-state index contributed by atoms with van der Waals surface area (Å²) in [5.41, 5.74) is 2.19. The molecule has 0 heterocycles. The quantitative estimate of drug-likeness (QED) is 0.922. The fraction of sp³-hybridized carbons (Fsp3) is 0.600. The Balaban J connectivity index is 1.74. The highest BCUT2D eigenvalue weighted by molar-refractivity contribution is 5.87. The van der Waals surface area contributed by atoms with E-state index in [-0.39, 0.29) is 24.4 Å². The molecule has 1 atom stereocenters. The molecule has 2 amide bonds. The number of fused-ring (bicyclic) bond motifs is 1. The Morgan fingerprint density at radius 3 is 2.54 bits per heavy atom. The Kier molecular flexibility index (Phi) is 4.66. The summed E-state index contributed by atoms with van der Waals surface area (Å²) in [7, 11) is 0. The lowest BCUT2D eigenvalue weighted by Crippen LogP contribution is -2.46. The molecule has 1 unspecified atom stereocenters. The first kappa shape index (κ1) is 17.0. The summed E-state index contributed by atoms with van der Waals surface area (Å²) < 4.78 is 0. The Morgan fingerprint density at radius 2 is 1.88 bits per heavy atom. The maximum absolute atomic E-state index is 12.9. The molecule has 2 aliphatic carbocycles. The zero-order valence-corrected chi connectivity index (χ0v) is 15.0. The monoisotopic (exact) mass is 328 g/mol. The third-order valence-electron chi connectivity index (χ3n) is 4.98. The number of nitrogens with one attached hydrogen (secondary N) is 1. The van der Waals surface area contributed by atoms with Crippen LogP contribution in [0.2, 0.25) is 0 Å². The first-order chi connectivity index (χ1) is 11.4. The number of carbonyl (C=O) groups is 2. The number of aryl methyl sites for hydroxylation is 1. The molecule has 4 heteroatoms. The van der Waals surface area contributed by atoms with Crippen LogP contribution in [0.5, 0.6) is 0 Å². The molecule has 0 aromatic heterocycles. The van der Waals surface area contributed by atoms with Crippen LogP contribution in [-0.4, -0.2) is 29.3 Å². The van der Waals surface area contributed by atoms with E-state index >= 15 is 0 Å². The van der Waals surface area contributed by atoms with E-state index in [0.29, 0.717) is 6.04 Å². The van der Waals surface area contributed by atoms with Crippen molar-refractivity contribution in [3.8, 4) is 0 Å². The largest absolute Gasteiger partial charge is 0.347 e. The van der Waals surface area contributed by atoms with Crippen molar-refractivity contribution in [2.24, 2.45) is 5.41 Å². The molecule has 1 aromatic carbocycles. The van der Waals surface area contributed by atoms with Crippen molar-refractivity contribution in [3.05, 3.63) is 35.4 Å². The summed E-state index contributed by atoms with van der Waals surface area (Å²) in [5, 5.41) is 2.82. The van der Waals surface area contributed by atoms with Crippen molar-refractivity contribution < 1.29 is 9.59 Å². The van der Waals surface area contributed by atoms with Crippen molar-refractivity contribution >= 4 is 11.8 Å². The molecule has 0 aliphatic heterocycles. The minimum atomic E-state index is -0.470. The van der Waals surface area contributed by atoms with Crippen molar-refractivity contribution in [2.75, 3.05) is 6.54 Å². The van der Waals surface area contributed by atoms with E-state index in [2.05, 4.69) is 34.5 Å². The molecular formula is C20H28N2O2. The third-order valence-corrected chi connectivity index (χ3v) is 4.98. The molecule has 1 saturated carbocycles. The normalized spacial score (nSPS) is 20.2. The third kappa shape index (κ3) is 3.63. The number of hydrogen-bond donors (Lipinski definition) is 1. The molecule has 4 nitrogen and oxygen atoms in total. The van der Waals surface area contributed by atoms with E-state index in [9.17, 15) is 9.59 Å². The van der Waals surface area contributed by atoms with Crippen molar-refractivity contribution in [2.45, 2.75) is 65.0 Å². The highest BCUT2D eigenvalue weighted by Crippen LogP contribution is 2.40. The van der Waals surface area contributed by atoms with E-state index < -0.39 is 5.41 Å². The Morgan fingerprint density at radius 1 is 1.17 bits per heavy atom. The van der Waals surface area contributed by atoms with Gasteiger partial charge in [0.1, 0.15) is 0 Å². The zero-order chi connectivity index (χ0) is 17.3. The number of carbonyl (C=O) groups excluding carboxylic acids is 2. The SMILES string of the molecule is CC(C)(C)C(=O)NCC(=O)N(C1CC1)C1CCCc2ccccc21. The molecule has 1 fully saturated rings. The maximum atomic E-state index is 12.9. The van der Waals surface area contributed by atoms with Gasteiger partial charge in [-0.15, -0.1) is 0 Å². The molecule has 0 saturated heterocycles. The standard InChI is InChI=1S/C20H28N2O2/c1-20(2,3)19(24)21-13-18(23)22(15-11-12-15)17-10-6-8-14-7-4-5-9-16(14)17/h4-5,7,9,15,17H,6,8,10-13H2,1-3H3,(H,21,24). The van der Waals surface area contributed by atoms with E-state index in [0.717, 1.165) is 32.1 Å². The molecule has 130 valence electrons. The van der Waals surface area contributed by atoms with Crippen LogP contribution in [0.4, 0.5) is 0 Å². The second-order valence-electron chi connectivity index (χ2n) is 8.07. The lowest BCUT2D eigenvalue weighted by atomic mass is 9.86. The second kappa shape index (κ2) is 6.58. The molecular weight excluding hydrogens is 300 g/mol. The van der Waals surface area contributed by atoms with Gasteiger partial charge in [-0.05, 0) is 43.2 Å². The van der Waals surface area contributed by atoms with Gasteiger partial charge in [0.05, 0.1) is 12.6 Å². The summed E-state index contributed by atoms with van der Waals surface area (Å²) in [5.74, 6) is -0.0209. The summed E-state index contributed by atoms with van der Waals surface area (Å²) in [4.78, 5) is 27.0. The molecule has 3 rings (SSSR count). The van der Waals surface area contributed by atoms with Crippen LogP contribution in [0.15, 0.2) is 24.3 Å². The lowest BCUT2D eigenvalue weighted by Gasteiger charge is -2.36. The van der Waals surface area contributed by atoms with Crippen LogP contribution < -0.4 is 5.32 Å². The van der Waals surface area contributed by atoms with Crippen LogP contribution in [-0.2, 0) is 16.0 Å². The molecule has 0 radical (unpaired) electrons. The van der Waals surface area contributed by atoms with Gasteiger partial charge < -0.3 is 10.2 Å². The minimum absolute atomic E-state index is 0.0526. The van der Waals surface area contributed by atoms with Crippen molar-refractivity contribution in [3.63, 3.8) is 0 Å². The number of nitrogens with zero attached hydrogens (tertiary/aromatic N) is 1. The predicted octanol–water partition coefficient (Wildman–Crippen LogP) is 3.22. The van der Waals surface area contributed by atoms with Crippen LogP contribution in [0.25, 0.3) is 0 Å². The summed E-state index contributed by atoms with van der Waals surface area (Å²) >= 11 is 0. The van der Waals surface area contributed by atoms with Crippen molar-refractivity contribution in [1.82, 2.24) is 10.2 Å². The topological polar surface area (TPSA) is 49.4 Å². The lowest BCUT2D eigenvalue weighted by molar-refractivity contribution is -0.137. The van der Waals surface area contributed by atoms with Gasteiger partial charge in [-0.1, -0.05) is 45.0 Å². The zero-order valence-electron chi connectivity index (χ0n) is 15.0. The van der Waals surface area contributed by atoms with Gasteiger partial charge in [-0.2, -0.15) is 0 Å². The molecule has 1 aromatic rings. The van der Waals surface area contributed by atoms with Gasteiger partial charge in [0.15, 0.2) is 0 Å². The Hall–Kier alpha value is -1.84. The molecule has 2 aliphatic rings. The van der Waals surface area contributed by atoms with Gasteiger partial charge in [-0.25, -0.2) is 0 Å². The molecule has 0 bridgehead atoms. The highest BCUT2D eigenvalue weighted by Gasteiger charge is 2.39. The van der Waals surface area contributed by atoms with E-state index in [1.807, 2.05) is 20.8 Å². The second-order valence-corrected chi connectivity index (χ2v) is 8.07. The summed E-state index contributed by atoms with van der Waals surface area (Å²) in [6.07, 6.45) is 5.40. The number of amides is 2. The van der Waals surface area contributed by atoms with E-state index in [1.54, 1.807) is 0 Å². The smallest absolute Gasteiger partial charge is 0.242 e.